The van der Waals surface area contributed by atoms with Crippen LogP contribution in [0.25, 0.3) is 0 Å². The number of hydrogen-bond donors (Lipinski definition) is 3. The van der Waals surface area contributed by atoms with Crippen molar-refractivity contribution >= 4 is 27.5 Å². The highest BCUT2D eigenvalue weighted by atomic mass is 32.2. The average molecular weight is 460 g/mol. The lowest BCUT2D eigenvalue weighted by atomic mass is 9.87. The highest BCUT2D eigenvalue weighted by Crippen LogP contribution is 2.23. The maximum atomic E-state index is 12.5. The molecule has 0 fully saturated rings. The number of rotatable bonds is 9. The molecule has 2 amide bonds. The van der Waals surface area contributed by atoms with Gasteiger partial charge in [-0.2, -0.15) is 0 Å². The van der Waals surface area contributed by atoms with Gasteiger partial charge in [-0.15, -0.1) is 0 Å². The minimum Gasteiger partial charge on any atom is -0.350 e. The molecule has 1 unspecified atom stereocenters. The zero-order valence-electron chi connectivity index (χ0n) is 19.4. The summed E-state index contributed by atoms with van der Waals surface area (Å²) in [4.78, 5) is 23.9. The molecule has 8 heteroatoms. The maximum Gasteiger partial charge on any atom is 0.240 e. The van der Waals surface area contributed by atoms with E-state index in [9.17, 15) is 18.0 Å². The van der Waals surface area contributed by atoms with Crippen LogP contribution in [0.15, 0.2) is 53.4 Å². The number of sulfonamides is 1. The van der Waals surface area contributed by atoms with Crippen molar-refractivity contribution in [2.24, 2.45) is 0 Å². The molecule has 1 atom stereocenters. The van der Waals surface area contributed by atoms with Crippen LogP contribution in [0, 0.1) is 0 Å². The largest absolute Gasteiger partial charge is 0.350 e. The Hall–Kier alpha value is -2.71. The first-order valence-corrected chi connectivity index (χ1v) is 12.2. The molecule has 7 nitrogen and oxygen atoms in total. The number of nitrogens with one attached hydrogen (secondary N) is 3. The fourth-order valence-corrected chi connectivity index (χ4v) is 4.05. The van der Waals surface area contributed by atoms with E-state index in [-0.39, 0.29) is 41.1 Å². The predicted molar refractivity (Wildman–Crippen MR) is 127 cm³/mol. The van der Waals surface area contributed by atoms with Crippen molar-refractivity contribution in [1.82, 2.24) is 10.0 Å². The van der Waals surface area contributed by atoms with Gasteiger partial charge in [-0.25, -0.2) is 13.1 Å². The van der Waals surface area contributed by atoms with Crippen molar-refractivity contribution in [3.8, 4) is 0 Å². The van der Waals surface area contributed by atoms with E-state index in [1.165, 1.54) is 0 Å². The van der Waals surface area contributed by atoms with E-state index in [4.69, 9.17) is 0 Å². The number of amides is 2. The molecule has 0 aliphatic heterocycles. The molecule has 0 heterocycles. The first kappa shape index (κ1) is 25.5. The quantitative estimate of drug-likeness (QED) is 0.529. The van der Waals surface area contributed by atoms with Crippen LogP contribution in [0.1, 0.15) is 64.6 Å². The van der Waals surface area contributed by atoms with Gasteiger partial charge >= 0.3 is 0 Å². The Kier molecular flexibility index (Phi) is 8.58. The molecular formula is C24H33N3O4S. The number of benzene rings is 2. The normalized spacial score (nSPS) is 12.8. The molecule has 2 aromatic rings. The Bertz CT molecular complexity index is 1020. The van der Waals surface area contributed by atoms with Crippen LogP contribution in [0.4, 0.5) is 5.69 Å². The maximum absolute atomic E-state index is 12.5. The summed E-state index contributed by atoms with van der Waals surface area (Å²) in [5, 5.41) is 5.63. The second kappa shape index (κ2) is 10.7. The fraction of sp³-hybridized carbons (Fsp3) is 0.417. The summed E-state index contributed by atoms with van der Waals surface area (Å²) in [7, 11) is -3.68. The SMILES string of the molecule is CCC(=O)Nc1ccc(C(C)NC(=O)CCNS(=O)(=O)c2ccc(C(C)(C)C)cc2)cc1. The molecular weight excluding hydrogens is 426 g/mol. The van der Waals surface area contributed by atoms with Crippen LogP contribution in [-0.4, -0.2) is 26.8 Å². The highest BCUT2D eigenvalue weighted by molar-refractivity contribution is 7.89. The van der Waals surface area contributed by atoms with Crippen molar-refractivity contribution in [1.29, 1.82) is 0 Å². The van der Waals surface area contributed by atoms with Crippen LogP contribution in [0.5, 0.6) is 0 Å². The van der Waals surface area contributed by atoms with Gasteiger partial charge in [-0.1, -0.05) is 52.0 Å². The lowest BCUT2D eigenvalue weighted by Crippen LogP contribution is -2.32. The lowest BCUT2D eigenvalue weighted by molar-refractivity contribution is -0.121. The van der Waals surface area contributed by atoms with E-state index in [2.05, 4.69) is 36.1 Å². The van der Waals surface area contributed by atoms with Gasteiger partial charge in [0.2, 0.25) is 21.8 Å². The summed E-state index contributed by atoms with van der Waals surface area (Å²) >= 11 is 0. The van der Waals surface area contributed by atoms with Gasteiger partial charge in [0.1, 0.15) is 0 Å². The van der Waals surface area contributed by atoms with Crippen LogP contribution in [0.2, 0.25) is 0 Å². The highest BCUT2D eigenvalue weighted by Gasteiger charge is 2.18. The average Bonchev–Trinajstić information content (AvgIpc) is 2.73. The minimum atomic E-state index is -3.68. The van der Waals surface area contributed by atoms with E-state index in [1.54, 1.807) is 31.2 Å². The zero-order chi connectivity index (χ0) is 23.9. The Morgan fingerprint density at radius 3 is 2.06 bits per heavy atom. The van der Waals surface area contributed by atoms with Crippen molar-refractivity contribution in [2.45, 2.75) is 63.8 Å². The van der Waals surface area contributed by atoms with Gasteiger partial charge in [-0.05, 0) is 47.7 Å². The topological polar surface area (TPSA) is 104 Å². The summed E-state index contributed by atoms with van der Waals surface area (Å²) in [5.41, 5.74) is 2.57. The van der Waals surface area contributed by atoms with E-state index >= 15 is 0 Å². The predicted octanol–water partition coefficient (Wildman–Crippen LogP) is 3.88. The Morgan fingerprint density at radius 1 is 0.938 bits per heavy atom. The van der Waals surface area contributed by atoms with Crippen LogP contribution < -0.4 is 15.4 Å². The van der Waals surface area contributed by atoms with Crippen molar-refractivity contribution in [3.63, 3.8) is 0 Å². The first-order valence-electron chi connectivity index (χ1n) is 10.7. The van der Waals surface area contributed by atoms with Gasteiger partial charge in [0.15, 0.2) is 0 Å². The van der Waals surface area contributed by atoms with E-state index in [1.807, 2.05) is 31.2 Å². The van der Waals surface area contributed by atoms with Gasteiger partial charge in [-0.3, -0.25) is 9.59 Å². The first-order chi connectivity index (χ1) is 14.9. The molecule has 2 rings (SSSR count). The number of hydrogen-bond acceptors (Lipinski definition) is 4. The molecule has 174 valence electrons. The fourth-order valence-electron chi connectivity index (χ4n) is 3.02. The summed E-state index contributed by atoms with van der Waals surface area (Å²) in [6.07, 6.45) is 0.425. The smallest absolute Gasteiger partial charge is 0.240 e. The molecule has 0 aliphatic rings. The molecule has 32 heavy (non-hydrogen) atoms. The molecule has 0 bridgehead atoms. The lowest BCUT2D eigenvalue weighted by Gasteiger charge is -2.19. The summed E-state index contributed by atoms with van der Waals surface area (Å²) in [5.74, 6) is -0.321. The van der Waals surface area contributed by atoms with Crippen molar-refractivity contribution in [3.05, 3.63) is 59.7 Å². The third-order valence-corrected chi connectivity index (χ3v) is 6.54. The molecule has 0 saturated heterocycles. The van der Waals surface area contributed by atoms with Crippen LogP contribution in [0.3, 0.4) is 0 Å². The Balaban J connectivity index is 1.85. The van der Waals surface area contributed by atoms with Gasteiger partial charge in [0.05, 0.1) is 10.9 Å². The molecule has 0 saturated carbocycles. The Labute approximate surface area is 191 Å². The van der Waals surface area contributed by atoms with Crippen molar-refractivity contribution < 1.29 is 18.0 Å². The Morgan fingerprint density at radius 2 is 1.53 bits per heavy atom. The van der Waals surface area contributed by atoms with E-state index in [0.29, 0.717) is 12.1 Å². The molecule has 0 aromatic heterocycles. The summed E-state index contributed by atoms with van der Waals surface area (Å²) in [6, 6.07) is 13.8. The summed E-state index contributed by atoms with van der Waals surface area (Å²) in [6.45, 7) is 9.82. The second-order valence-corrected chi connectivity index (χ2v) is 10.5. The molecule has 0 spiro atoms. The van der Waals surface area contributed by atoms with E-state index in [0.717, 1.165) is 11.1 Å². The zero-order valence-corrected chi connectivity index (χ0v) is 20.2. The number of carbonyl (C=O) groups is 2. The number of carbonyl (C=O) groups excluding carboxylic acids is 2. The molecule has 0 radical (unpaired) electrons. The third-order valence-electron chi connectivity index (χ3n) is 5.07. The van der Waals surface area contributed by atoms with E-state index < -0.39 is 10.0 Å². The third kappa shape index (κ3) is 7.46. The van der Waals surface area contributed by atoms with Crippen LogP contribution >= 0.6 is 0 Å². The van der Waals surface area contributed by atoms with Crippen molar-refractivity contribution in [2.75, 3.05) is 11.9 Å². The van der Waals surface area contributed by atoms with Gasteiger partial charge < -0.3 is 10.6 Å². The summed E-state index contributed by atoms with van der Waals surface area (Å²) < 4.78 is 27.4. The molecule has 2 aromatic carbocycles. The second-order valence-electron chi connectivity index (χ2n) is 8.74. The molecule has 3 N–H and O–H groups in total. The minimum absolute atomic E-state index is 0.00387. The van der Waals surface area contributed by atoms with Gasteiger partial charge in [0.25, 0.3) is 0 Å². The number of anilines is 1. The van der Waals surface area contributed by atoms with Gasteiger partial charge in [0, 0.05) is 25.1 Å². The monoisotopic (exact) mass is 459 g/mol. The standard InChI is InChI=1S/C24H33N3O4S/c1-6-22(28)27-20-11-7-18(8-12-20)17(2)26-23(29)15-16-25-32(30,31)21-13-9-19(10-14-21)24(3,4)5/h7-14,17,25H,6,15-16H2,1-5H3,(H,26,29)(H,27,28). The molecule has 0 aliphatic carbocycles. The van der Waals surface area contributed by atoms with Crippen LogP contribution in [-0.2, 0) is 25.0 Å².